The quantitative estimate of drug-likeness (QED) is 0.685. The summed E-state index contributed by atoms with van der Waals surface area (Å²) in [5.74, 6) is 0.831. The van der Waals surface area contributed by atoms with E-state index in [1.807, 2.05) is 0 Å². The number of nitrogens with zero attached hydrogens (tertiary/aromatic N) is 1. The van der Waals surface area contributed by atoms with Crippen molar-refractivity contribution in [3.05, 3.63) is 0 Å². The lowest BCUT2D eigenvalue weighted by atomic mass is 9.80. The van der Waals surface area contributed by atoms with Crippen LogP contribution < -0.4 is 10.6 Å². The van der Waals surface area contributed by atoms with Gasteiger partial charge in [-0.25, -0.2) is 0 Å². The zero-order valence-electron chi connectivity index (χ0n) is 16.6. The molecule has 2 amide bonds. The van der Waals surface area contributed by atoms with Gasteiger partial charge in [-0.15, -0.1) is 12.4 Å². The highest BCUT2D eigenvalue weighted by atomic mass is 35.5. The molecular formula is C20H36ClN3O3. The molecule has 3 fully saturated rings. The van der Waals surface area contributed by atoms with Crippen LogP contribution in [-0.2, 0) is 14.3 Å². The summed E-state index contributed by atoms with van der Waals surface area (Å²) in [5.41, 5.74) is -0.199. The van der Waals surface area contributed by atoms with E-state index < -0.39 is 0 Å². The predicted octanol–water partition coefficient (Wildman–Crippen LogP) is 2.11. The number of halogens is 1. The number of amides is 2. The van der Waals surface area contributed by atoms with E-state index in [0.29, 0.717) is 25.0 Å². The Morgan fingerprint density at radius 1 is 1.19 bits per heavy atom. The lowest BCUT2D eigenvalue weighted by molar-refractivity contribution is -0.145. The zero-order chi connectivity index (χ0) is 18.4. The maximum absolute atomic E-state index is 13.3. The molecule has 2 N–H and O–H groups in total. The standard InChI is InChI=1S/C20H35N3O3.ClH/c1-26-13-10-20(8-2-3-9-20)19(25)23-12-5-6-16(15-23)14-22-18(24)17-7-4-11-21-17;/h16-17,21H,2-15H2,1H3,(H,22,24);1H. The Balaban J connectivity index is 0.00000261. The SMILES string of the molecule is COCCC1(C(=O)N2CCCC(CNC(=O)C3CCCN3)C2)CCCC1.Cl. The number of hydrogen-bond donors (Lipinski definition) is 2. The third-order valence-corrected chi connectivity index (χ3v) is 6.55. The number of carbonyl (C=O) groups excluding carboxylic acids is 2. The Hall–Kier alpha value is -0.850. The van der Waals surface area contributed by atoms with Crippen LogP contribution in [0, 0.1) is 11.3 Å². The van der Waals surface area contributed by atoms with Gasteiger partial charge < -0.3 is 20.3 Å². The van der Waals surface area contributed by atoms with Gasteiger partial charge in [0.15, 0.2) is 0 Å². The molecule has 27 heavy (non-hydrogen) atoms. The molecule has 0 bridgehead atoms. The molecule has 0 aromatic rings. The summed E-state index contributed by atoms with van der Waals surface area (Å²) < 4.78 is 5.28. The van der Waals surface area contributed by atoms with Crippen LogP contribution in [0.2, 0.25) is 0 Å². The normalized spacial score (nSPS) is 27.2. The number of methoxy groups -OCH3 is 1. The van der Waals surface area contributed by atoms with E-state index in [4.69, 9.17) is 4.74 Å². The lowest BCUT2D eigenvalue weighted by Gasteiger charge is -2.39. The fourth-order valence-electron chi connectivity index (χ4n) is 4.95. The van der Waals surface area contributed by atoms with Crippen molar-refractivity contribution >= 4 is 24.2 Å². The fourth-order valence-corrected chi connectivity index (χ4v) is 4.95. The molecule has 2 heterocycles. The predicted molar refractivity (Wildman–Crippen MR) is 108 cm³/mol. The third-order valence-electron chi connectivity index (χ3n) is 6.55. The molecule has 2 saturated heterocycles. The summed E-state index contributed by atoms with van der Waals surface area (Å²) in [5, 5.41) is 6.35. The summed E-state index contributed by atoms with van der Waals surface area (Å²) in [6.45, 7) is 3.93. The van der Waals surface area contributed by atoms with Crippen molar-refractivity contribution in [2.75, 3.05) is 39.9 Å². The number of carbonyl (C=O) groups is 2. The van der Waals surface area contributed by atoms with Crippen LogP contribution in [0.25, 0.3) is 0 Å². The average molecular weight is 402 g/mol. The molecule has 1 saturated carbocycles. The largest absolute Gasteiger partial charge is 0.385 e. The molecule has 0 aromatic heterocycles. The van der Waals surface area contributed by atoms with Crippen LogP contribution in [0.5, 0.6) is 0 Å². The molecule has 2 aliphatic heterocycles. The summed E-state index contributed by atoms with van der Waals surface area (Å²) in [6, 6.07) is -0.0212. The van der Waals surface area contributed by atoms with Gasteiger partial charge in [0.1, 0.15) is 0 Å². The zero-order valence-corrected chi connectivity index (χ0v) is 17.5. The summed E-state index contributed by atoms with van der Waals surface area (Å²) in [6.07, 6.45) is 9.28. The van der Waals surface area contributed by atoms with Gasteiger partial charge in [0.05, 0.1) is 11.5 Å². The van der Waals surface area contributed by atoms with Crippen LogP contribution in [0.15, 0.2) is 0 Å². The van der Waals surface area contributed by atoms with E-state index in [0.717, 1.165) is 77.4 Å². The van der Waals surface area contributed by atoms with Crippen molar-refractivity contribution in [1.82, 2.24) is 15.5 Å². The van der Waals surface area contributed by atoms with E-state index >= 15 is 0 Å². The minimum Gasteiger partial charge on any atom is -0.385 e. The molecule has 2 atom stereocenters. The van der Waals surface area contributed by atoms with Gasteiger partial charge in [-0.1, -0.05) is 12.8 Å². The Labute approximate surface area is 169 Å². The maximum atomic E-state index is 13.3. The van der Waals surface area contributed by atoms with Gasteiger partial charge in [-0.2, -0.15) is 0 Å². The average Bonchev–Trinajstić information content (AvgIpc) is 3.36. The molecule has 0 spiro atoms. The van der Waals surface area contributed by atoms with Gasteiger partial charge in [0, 0.05) is 33.4 Å². The van der Waals surface area contributed by atoms with Crippen LogP contribution in [-0.4, -0.2) is 62.7 Å². The Morgan fingerprint density at radius 2 is 1.96 bits per heavy atom. The molecule has 3 aliphatic rings. The van der Waals surface area contributed by atoms with Crippen molar-refractivity contribution in [1.29, 1.82) is 0 Å². The van der Waals surface area contributed by atoms with Gasteiger partial charge in [-0.05, 0) is 57.4 Å². The monoisotopic (exact) mass is 401 g/mol. The highest BCUT2D eigenvalue weighted by molar-refractivity contribution is 5.85. The van der Waals surface area contributed by atoms with Crippen molar-refractivity contribution in [2.45, 2.75) is 63.8 Å². The smallest absolute Gasteiger partial charge is 0.237 e. The first kappa shape index (κ1) is 22.4. The van der Waals surface area contributed by atoms with Crippen LogP contribution in [0.1, 0.15) is 57.8 Å². The number of piperidine rings is 1. The highest BCUT2D eigenvalue weighted by Gasteiger charge is 2.43. The Bertz CT molecular complexity index is 491. The minimum atomic E-state index is -0.199. The second kappa shape index (κ2) is 10.6. The van der Waals surface area contributed by atoms with Crippen LogP contribution in [0.3, 0.4) is 0 Å². The van der Waals surface area contributed by atoms with Crippen molar-refractivity contribution in [3.63, 3.8) is 0 Å². The number of rotatable bonds is 7. The lowest BCUT2D eigenvalue weighted by Crippen LogP contribution is -2.50. The Kier molecular flexibility index (Phi) is 8.83. The molecule has 0 aromatic carbocycles. The van der Waals surface area contributed by atoms with Crippen molar-refractivity contribution in [2.24, 2.45) is 11.3 Å². The van der Waals surface area contributed by atoms with Crippen molar-refractivity contribution in [3.8, 4) is 0 Å². The fraction of sp³-hybridized carbons (Fsp3) is 0.900. The molecule has 7 heteroatoms. The third kappa shape index (κ3) is 5.58. The molecule has 1 aliphatic carbocycles. The van der Waals surface area contributed by atoms with Crippen LogP contribution in [0.4, 0.5) is 0 Å². The summed E-state index contributed by atoms with van der Waals surface area (Å²) in [7, 11) is 1.71. The summed E-state index contributed by atoms with van der Waals surface area (Å²) >= 11 is 0. The van der Waals surface area contributed by atoms with Crippen LogP contribution >= 0.6 is 12.4 Å². The molecule has 2 unspecified atom stereocenters. The van der Waals surface area contributed by atoms with E-state index in [-0.39, 0.29) is 29.8 Å². The molecular weight excluding hydrogens is 366 g/mol. The molecule has 3 rings (SSSR count). The number of ether oxygens (including phenoxy) is 1. The first-order valence-corrected chi connectivity index (χ1v) is 10.4. The maximum Gasteiger partial charge on any atom is 0.237 e. The topological polar surface area (TPSA) is 70.7 Å². The molecule has 156 valence electrons. The van der Waals surface area contributed by atoms with E-state index in [1.54, 1.807) is 7.11 Å². The molecule has 0 radical (unpaired) electrons. The van der Waals surface area contributed by atoms with E-state index in [1.165, 1.54) is 0 Å². The minimum absolute atomic E-state index is 0. The van der Waals surface area contributed by atoms with Gasteiger partial charge in [0.25, 0.3) is 0 Å². The van der Waals surface area contributed by atoms with Gasteiger partial charge in [-0.3, -0.25) is 9.59 Å². The Morgan fingerprint density at radius 3 is 2.63 bits per heavy atom. The molecule has 6 nitrogen and oxygen atoms in total. The van der Waals surface area contributed by atoms with Gasteiger partial charge in [0.2, 0.25) is 11.8 Å². The van der Waals surface area contributed by atoms with Gasteiger partial charge >= 0.3 is 0 Å². The first-order chi connectivity index (χ1) is 12.6. The second-order valence-corrected chi connectivity index (χ2v) is 8.38. The highest BCUT2D eigenvalue weighted by Crippen LogP contribution is 2.43. The second-order valence-electron chi connectivity index (χ2n) is 8.38. The van der Waals surface area contributed by atoms with E-state index in [9.17, 15) is 9.59 Å². The first-order valence-electron chi connectivity index (χ1n) is 10.4. The number of hydrogen-bond acceptors (Lipinski definition) is 4. The van der Waals surface area contributed by atoms with E-state index in [2.05, 4.69) is 15.5 Å². The van der Waals surface area contributed by atoms with Crippen molar-refractivity contribution < 1.29 is 14.3 Å². The number of likely N-dealkylation sites (tertiary alicyclic amines) is 1. The summed E-state index contributed by atoms with van der Waals surface area (Å²) in [4.78, 5) is 27.6. The number of nitrogens with one attached hydrogen (secondary N) is 2.